The fraction of sp³-hybridized carbons (Fsp3) is 0.438. The van der Waals surface area contributed by atoms with Gasteiger partial charge in [0.05, 0.1) is 20.0 Å². The molecular weight excluding hydrogens is 288 g/mol. The highest BCUT2D eigenvalue weighted by Crippen LogP contribution is 2.32. The minimum atomic E-state index is -0.527. The van der Waals surface area contributed by atoms with Crippen LogP contribution in [-0.4, -0.2) is 38.0 Å². The number of esters is 1. The Morgan fingerprint density at radius 2 is 2.05 bits per heavy atom. The first-order valence-electron chi connectivity index (χ1n) is 7.08. The first-order valence-corrected chi connectivity index (χ1v) is 7.08. The van der Waals surface area contributed by atoms with Gasteiger partial charge in [0.1, 0.15) is 11.9 Å². The van der Waals surface area contributed by atoms with Crippen molar-refractivity contribution in [3.63, 3.8) is 0 Å². The quantitative estimate of drug-likeness (QED) is 0.795. The van der Waals surface area contributed by atoms with E-state index in [-0.39, 0.29) is 12.1 Å². The van der Waals surface area contributed by atoms with Crippen molar-refractivity contribution in [3.05, 3.63) is 42.2 Å². The van der Waals surface area contributed by atoms with Crippen molar-refractivity contribution in [2.75, 3.05) is 13.7 Å². The Kier molecular flexibility index (Phi) is 4.31. The summed E-state index contributed by atoms with van der Waals surface area (Å²) in [5, 5.41) is 0. The molecule has 0 spiro atoms. The lowest BCUT2D eigenvalue weighted by Gasteiger charge is -2.40. The van der Waals surface area contributed by atoms with Crippen LogP contribution in [0.25, 0.3) is 0 Å². The molecule has 2 aliphatic heterocycles. The van der Waals surface area contributed by atoms with Crippen molar-refractivity contribution in [1.29, 1.82) is 0 Å². The minimum absolute atomic E-state index is 0.288. The molecule has 6 nitrogen and oxygen atoms in total. The summed E-state index contributed by atoms with van der Waals surface area (Å²) in [6.07, 6.45) is 1.52. The van der Waals surface area contributed by atoms with E-state index in [1.54, 1.807) is 13.2 Å². The van der Waals surface area contributed by atoms with Crippen molar-refractivity contribution >= 4 is 5.97 Å². The van der Waals surface area contributed by atoms with E-state index in [9.17, 15) is 4.79 Å². The summed E-state index contributed by atoms with van der Waals surface area (Å²) in [6, 6.07) is 7.44. The van der Waals surface area contributed by atoms with E-state index in [1.807, 2.05) is 24.3 Å². The lowest BCUT2D eigenvalue weighted by atomic mass is 10.0. The van der Waals surface area contributed by atoms with Crippen LogP contribution in [0.5, 0.6) is 5.75 Å². The number of ether oxygens (including phenoxy) is 5. The van der Waals surface area contributed by atoms with Crippen molar-refractivity contribution in [3.8, 4) is 5.75 Å². The third kappa shape index (κ3) is 3.08. The van der Waals surface area contributed by atoms with Crippen LogP contribution >= 0.6 is 0 Å². The van der Waals surface area contributed by atoms with E-state index >= 15 is 0 Å². The topological polar surface area (TPSA) is 63.2 Å². The van der Waals surface area contributed by atoms with Gasteiger partial charge in [0.15, 0.2) is 18.5 Å². The summed E-state index contributed by atoms with van der Waals surface area (Å²) in [7, 11) is 1.61. The number of carbonyl (C=O) groups excluding carboxylic acids is 1. The van der Waals surface area contributed by atoms with Gasteiger partial charge in [-0.1, -0.05) is 12.1 Å². The van der Waals surface area contributed by atoms with E-state index in [0.29, 0.717) is 6.61 Å². The highest BCUT2D eigenvalue weighted by atomic mass is 16.7. The van der Waals surface area contributed by atoms with Crippen LogP contribution < -0.4 is 4.74 Å². The summed E-state index contributed by atoms with van der Waals surface area (Å²) in [4.78, 5) is 11.2. The first-order chi connectivity index (χ1) is 10.7. The molecule has 0 saturated carbocycles. The molecule has 0 aromatic heterocycles. The number of hydrogen-bond acceptors (Lipinski definition) is 6. The predicted molar refractivity (Wildman–Crippen MR) is 76.1 cm³/mol. The number of benzene rings is 1. The van der Waals surface area contributed by atoms with E-state index in [1.165, 1.54) is 13.2 Å². The molecule has 3 rings (SSSR count). The Bertz CT molecular complexity index is 552. The molecule has 22 heavy (non-hydrogen) atoms. The maximum absolute atomic E-state index is 11.2. The SMILES string of the molecule is COc1ccc([C@H]2OC[C@H]3OC=C[C@@H](OC(C)=O)[C@@H]3O2)cc1. The third-order valence-corrected chi connectivity index (χ3v) is 3.59. The molecule has 1 aromatic carbocycles. The molecule has 0 radical (unpaired) electrons. The molecule has 0 bridgehead atoms. The molecular formula is C16H18O6. The van der Waals surface area contributed by atoms with Crippen LogP contribution in [0.3, 0.4) is 0 Å². The maximum atomic E-state index is 11.2. The Hall–Kier alpha value is -2.05. The van der Waals surface area contributed by atoms with Crippen molar-refractivity contribution in [2.24, 2.45) is 0 Å². The van der Waals surface area contributed by atoms with Gasteiger partial charge in [-0.3, -0.25) is 4.79 Å². The third-order valence-electron chi connectivity index (χ3n) is 3.59. The highest BCUT2D eigenvalue weighted by Gasteiger charge is 2.41. The molecule has 118 valence electrons. The standard InChI is InChI=1S/C16H18O6/c1-10(17)21-13-7-8-19-14-9-20-16(22-15(13)14)11-3-5-12(18-2)6-4-11/h3-8,13-16H,9H2,1-2H3/t13-,14-,15+,16+/m1/s1. The van der Waals surface area contributed by atoms with Gasteiger partial charge >= 0.3 is 5.97 Å². The molecule has 4 atom stereocenters. The second-order valence-electron chi connectivity index (χ2n) is 5.12. The second kappa shape index (κ2) is 6.37. The van der Waals surface area contributed by atoms with Gasteiger partial charge in [-0.15, -0.1) is 0 Å². The van der Waals surface area contributed by atoms with Crippen molar-refractivity contribution < 1.29 is 28.5 Å². The van der Waals surface area contributed by atoms with Gasteiger partial charge in [0, 0.05) is 12.5 Å². The number of methoxy groups -OCH3 is 1. The first kappa shape index (κ1) is 14.9. The molecule has 0 amide bonds. The Labute approximate surface area is 128 Å². The van der Waals surface area contributed by atoms with Gasteiger partial charge in [-0.2, -0.15) is 0 Å². The van der Waals surface area contributed by atoms with Gasteiger partial charge in [-0.25, -0.2) is 0 Å². The maximum Gasteiger partial charge on any atom is 0.303 e. The number of fused-ring (bicyclic) bond motifs is 1. The second-order valence-corrected chi connectivity index (χ2v) is 5.12. The van der Waals surface area contributed by atoms with Gasteiger partial charge in [0.25, 0.3) is 0 Å². The smallest absolute Gasteiger partial charge is 0.303 e. The van der Waals surface area contributed by atoms with Crippen LogP contribution in [0.2, 0.25) is 0 Å². The largest absolute Gasteiger partial charge is 0.497 e. The van der Waals surface area contributed by atoms with Crippen LogP contribution in [0, 0.1) is 0 Å². The summed E-state index contributed by atoms with van der Waals surface area (Å²) in [6.45, 7) is 1.74. The average molecular weight is 306 g/mol. The summed E-state index contributed by atoms with van der Waals surface area (Å²) < 4.78 is 27.5. The summed E-state index contributed by atoms with van der Waals surface area (Å²) >= 11 is 0. The highest BCUT2D eigenvalue weighted by molar-refractivity contribution is 5.66. The van der Waals surface area contributed by atoms with E-state index < -0.39 is 18.5 Å². The molecule has 2 heterocycles. The van der Waals surface area contributed by atoms with Crippen LogP contribution in [-0.2, 0) is 23.7 Å². The monoisotopic (exact) mass is 306 g/mol. The molecule has 1 fully saturated rings. The van der Waals surface area contributed by atoms with Gasteiger partial charge < -0.3 is 23.7 Å². The van der Waals surface area contributed by atoms with E-state index in [0.717, 1.165) is 11.3 Å². The van der Waals surface area contributed by atoms with Crippen molar-refractivity contribution in [1.82, 2.24) is 0 Å². The normalized spacial score (nSPS) is 30.1. The summed E-state index contributed by atoms with van der Waals surface area (Å²) in [5.41, 5.74) is 0.871. The lowest BCUT2D eigenvalue weighted by Crippen LogP contribution is -2.50. The van der Waals surface area contributed by atoms with E-state index in [4.69, 9.17) is 23.7 Å². The van der Waals surface area contributed by atoms with Crippen LogP contribution in [0.4, 0.5) is 0 Å². The lowest BCUT2D eigenvalue weighted by molar-refractivity contribution is -0.278. The number of carbonyl (C=O) groups is 1. The van der Waals surface area contributed by atoms with Crippen LogP contribution in [0.15, 0.2) is 36.6 Å². The Morgan fingerprint density at radius 3 is 2.73 bits per heavy atom. The Balaban J connectivity index is 1.74. The average Bonchev–Trinajstić information content (AvgIpc) is 2.54. The minimum Gasteiger partial charge on any atom is -0.497 e. The van der Waals surface area contributed by atoms with Crippen LogP contribution in [0.1, 0.15) is 18.8 Å². The molecule has 1 saturated heterocycles. The van der Waals surface area contributed by atoms with Crippen molar-refractivity contribution in [2.45, 2.75) is 31.5 Å². The zero-order valence-corrected chi connectivity index (χ0v) is 12.4. The molecule has 1 aromatic rings. The van der Waals surface area contributed by atoms with Gasteiger partial charge in [-0.05, 0) is 18.2 Å². The molecule has 0 unspecified atom stereocenters. The predicted octanol–water partition coefficient (Wildman–Crippen LogP) is 1.95. The zero-order chi connectivity index (χ0) is 15.5. The molecule has 0 aliphatic carbocycles. The summed E-state index contributed by atoms with van der Waals surface area (Å²) in [5.74, 6) is 0.408. The molecule has 2 aliphatic rings. The fourth-order valence-electron chi connectivity index (χ4n) is 2.52. The zero-order valence-electron chi connectivity index (χ0n) is 12.4. The number of rotatable bonds is 3. The van der Waals surface area contributed by atoms with Gasteiger partial charge in [0.2, 0.25) is 0 Å². The molecule has 6 heteroatoms. The fourth-order valence-corrected chi connectivity index (χ4v) is 2.52. The molecule has 0 N–H and O–H groups in total. The van der Waals surface area contributed by atoms with E-state index in [2.05, 4.69) is 0 Å². The number of hydrogen-bond donors (Lipinski definition) is 0. The Morgan fingerprint density at radius 1 is 1.27 bits per heavy atom.